The van der Waals surface area contributed by atoms with Crippen LogP contribution in [0.3, 0.4) is 0 Å². The molecule has 108 valence electrons. The molecular weight excluding hydrogens is 262 g/mol. The lowest BCUT2D eigenvalue weighted by Gasteiger charge is -2.23. The average Bonchev–Trinajstić information content (AvgIpc) is 3.08. The Labute approximate surface area is 124 Å². The van der Waals surface area contributed by atoms with Gasteiger partial charge in [-0.2, -0.15) is 0 Å². The maximum absolute atomic E-state index is 9.59. The number of hydrogen-bond acceptors (Lipinski definition) is 3. The summed E-state index contributed by atoms with van der Waals surface area (Å²) in [4.78, 5) is 8.83. The lowest BCUT2D eigenvalue weighted by Crippen LogP contribution is -2.17. The van der Waals surface area contributed by atoms with Gasteiger partial charge in [-0.05, 0) is 43.7 Å². The second-order valence-electron chi connectivity index (χ2n) is 6.02. The summed E-state index contributed by atoms with van der Waals surface area (Å²) < 4.78 is 2.19. The number of fused-ring (bicyclic) bond motifs is 3. The third-order valence-electron chi connectivity index (χ3n) is 4.67. The highest BCUT2D eigenvalue weighted by atomic mass is 16.3. The van der Waals surface area contributed by atoms with Crippen LogP contribution in [0.15, 0.2) is 43.0 Å². The molecule has 2 aromatic heterocycles. The molecule has 1 aliphatic carbocycles. The molecule has 1 unspecified atom stereocenters. The summed E-state index contributed by atoms with van der Waals surface area (Å²) in [7, 11) is 0. The summed E-state index contributed by atoms with van der Waals surface area (Å²) in [6, 6.07) is 4.25. The monoisotopic (exact) mass is 281 g/mol. The fourth-order valence-electron chi connectivity index (χ4n) is 3.48. The molecule has 21 heavy (non-hydrogen) atoms. The van der Waals surface area contributed by atoms with Crippen LogP contribution in [-0.2, 0) is 0 Å². The molecule has 1 saturated carbocycles. The van der Waals surface area contributed by atoms with Gasteiger partial charge in [0.2, 0.25) is 0 Å². The van der Waals surface area contributed by atoms with Crippen LogP contribution in [-0.4, -0.2) is 25.7 Å². The summed E-state index contributed by atoms with van der Waals surface area (Å²) in [5, 5.41) is 9.59. The number of aliphatic hydroxyl groups is 1. The maximum Gasteiger partial charge on any atom is 0.0962 e. The highest BCUT2D eigenvalue weighted by Crippen LogP contribution is 2.38. The molecule has 0 saturated heterocycles. The third kappa shape index (κ3) is 2.20. The van der Waals surface area contributed by atoms with E-state index < -0.39 is 0 Å². The van der Waals surface area contributed by atoms with Crippen LogP contribution in [0.2, 0.25) is 0 Å². The van der Waals surface area contributed by atoms with E-state index in [0.717, 1.165) is 37.1 Å². The predicted octanol–water partition coefficient (Wildman–Crippen LogP) is 2.96. The Bertz CT molecular complexity index is 668. The first-order chi connectivity index (χ1) is 10.3. The molecule has 4 heteroatoms. The number of pyridine rings is 1. The first kappa shape index (κ1) is 12.8. The van der Waals surface area contributed by atoms with Gasteiger partial charge >= 0.3 is 0 Å². The summed E-state index contributed by atoms with van der Waals surface area (Å²) in [6.07, 6.45) is 14.1. The zero-order valence-corrected chi connectivity index (χ0v) is 11.9. The molecule has 3 heterocycles. The van der Waals surface area contributed by atoms with E-state index in [9.17, 15) is 5.11 Å². The van der Waals surface area contributed by atoms with Crippen LogP contribution >= 0.6 is 0 Å². The van der Waals surface area contributed by atoms with Crippen molar-refractivity contribution in [3.8, 4) is 11.3 Å². The number of allylic oxidation sites excluding steroid dienone is 2. The Kier molecular flexibility index (Phi) is 3.11. The SMILES string of the molecule is OC1CCC(/C=C/C2c3ncccc3-c3cncn32)CC1. The van der Waals surface area contributed by atoms with Gasteiger partial charge in [-0.3, -0.25) is 4.98 Å². The van der Waals surface area contributed by atoms with Crippen molar-refractivity contribution in [2.24, 2.45) is 5.92 Å². The van der Waals surface area contributed by atoms with Gasteiger partial charge in [0, 0.05) is 11.8 Å². The van der Waals surface area contributed by atoms with Crippen molar-refractivity contribution in [2.75, 3.05) is 0 Å². The van der Waals surface area contributed by atoms with Crippen LogP contribution in [0, 0.1) is 5.92 Å². The molecule has 1 fully saturated rings. The summed E-state index contributed by atoms with van der Waals surface area (Å²) >= 11 is 0. The first-order valence-electron chi connectivity index (χ1n) is 7.66. The molecule has 0 radical (unpaired) electrons. The van der Waals surface area contributed by atoms with Gasteiger partial charge in [0.1, 0.15) is 0 Å². The van der Waals surface area contributed by atoms with Crippen LogP contribution in [0.1, 0.15) is 37.4 Å². The number of hydrogen-bond donors (Lipinski definition) is 1. The smallest absolute Gasteiger partial charge is 0.0962 e. The molecule has 0 amide bonds. The van der Waals surface area contributed by atoms with E-state index in [1.54, 1.807) is 0 Å². The minimum absolute atomic E-state index is 0.0937. The zero-order chi connectivity index (χ0) is 14.2. The Balaban J connectivity index is 1.61. The van der Waals surface area contributed by atoms with E-state index in [-0.39, 0.29) is 12.1 Å². The Morgan fingerprint density at radius 1 is 1.19 bits per heavy atom. The van der Waals surface area contributed by atoms with Crippen LogP contribution in [0.4, 0.5) is 0 Å². The van der Waals surface area contributed by atoms with E-state index in [0.29, 0.717) is 5.92 Å². The number of nitrogens with zero attached hydrogens (tertiary/aromatic N) is 3. The van der Waals surface area contributed by atoms with Crippen molar-refractivity contribution in [3.05, 3.63) is 48.7 Å². The minimum Gasteiger partial charge on any atom is -0.393 e. The fourth-order valence-corrected chi connectivity index (χ4v) is 3.48. The number of aromatic nitrogens is 3. The van der Waals surface area contributed by atoms with Crippen molar-refractivity contribution >= 4 is 0 Å². The average molecular weight is 281 g/mol. The standard InChI is InChI=1S/C17H19N3O/c21-13-6-3-12(4-7-13)5-8-15-17-14(2-1-9-19-17)16-10-18-11-20(15)16/h1-2,5,8-13,15,21H,3-4,6-7H2/b8-5+. The van der Waals surface area contributed by atoms with E-state index >= 15 is 0 Å². The van der Waals surface area contributed by atoms with Crippen LogP contribution in [0.5, 0.6) is 0 Å². The quantitative estimate of drug-likeness (QED) is 0.861. The van der Waals surface area contributed by atoms with Gasteiger partial charge in [0.25, 0.3) is 0 Å². The highest BCUT2D eigenvalue weighted by molar-refractivity contribution is 5.67. The molecular formula is C17H19N3O. The summed E-state index contributed by atoms with van der Waals surface area (Å²) in [5.41, 5.74) is 3.44. The van der Waals surface area contributed by atoms with E-state index in [1.807, 2.05) is 24.8 Å². The van der Waals surface area contributed by atoms with Crippen molar-refractivity contribution < 1.29 is 5.11 Å². The Hall–Kier alpha value is -1.94. The molecule has 2 aliphatic rings. The molecule has 4 rings (SSSR count). The topological polar surface area (TPSA) is 50.9 Å². The van der Waals surface area contributed by atoms with E-state index in [2.05, 4.69) is 32.8 Å². The third-order valence-corrected chi connectivity index (χ3v) is 4.67. The van der Waals surface area contributed by atoms with Crippen LogP contribution in [0.25, 0.3) is 11.3 Å². The van der Waals surface area contributed by atoms with Gasteiger partial charge in [-0.1, -0.05) is 12.2 Å². The molecule has 1 N–H and O–H groups in total. The molecule has 0 spiro atoms. The normalized spacial score (nSPS) is 27.8. The second-order valence-corrected chi connectivity index (χ2v) is 6.02. The molecule has 2 aromatic rings. The number of imidazole rings is 1. The fraction of sp³-hybridized carbons (Fsp3) is 0.412. The second kappa shape index (κ2) is 5.11. The minimum atomic E-state index is -0.0937. The summed E-state index contributed by atoms with van der Waals surface area (Å²) in [5.74, 6) is 0.577. The molecule has 0 aromatic carbocycles. The molecule has 1 atom stereocenters. The van der Waals surface area contributed by atoms with Gasteiger partial charge in [0.05, 0.1) is 36.1 Å². The highest BCUT2D eigenvalue weighted by Gasteiger charge is 2.28. The number of aliphatic hydroxyl groups excluding tert-OH is 1. The zero-order valence-electron chi connectivity index (χ0n) is 11.9. The van der Waals surface area contributed by atoms with Crippen molar-refractivity contribution in [1.82, 2.24) is 14.5 Å². The maximum atomic E-state index is 9.59. The predicted molar refractivity (Wildman–Crippen MR) is 80.7 cm³/mol. The number of rotatable bonds is 2. The van der Waals surface area contributed by atoms with Crippen LogP contribution < -0.4 is 0 Å². The summed E-state index contributed by atoms with van der Waals surface area (Å²) in [6.45, 7) is 0. The van der Waals surface area contributed by atoms with Gasteiger partial charge in [-0.15, -0.1) is 0 Å². The van der Waals surface area contributed by atoms with Crippen molar-refractivity contribution in [3.63, 3.8) is 0 Å². The van der Waals surface area contributed by atoms with Gasteiger partial charge in [0.15, 0.2) is 0 Å². The molecule has 0 bridgehead atoms. The van der Waals surface area contributed by atoms with E-state index in [1.165, 1.54) is 5.56 Å². The van der Waals surface area contributed by atoms with Gasteiger partial charge in [-0.25, -0.2) is 4.98 Å². The van der Waals surface area contributed by atoms with E-state index in [4.69, 9.17) is 0 Å². The Morgan fingerprint density at radius 2 is 2.05 bits per heavy atom. The lowest BCUT2D eigenvalue weighted by atomic mass is 9.87. The lowest BCUT2D eigenvalue weighted by molar-refractivity contribution is 0.118. The van der Waals surface area contributed by atoms with Gasteiger partial charge < -0.3 is 9.67 Å². The van der Waals surface area contributed by atoms with Crippen molar-refractivity contribution in [2.45, 2.75) is 37.8 Å². The Morgan fingerprint density at radius 3 is 2.90 bits per heavy atom. The first-order valence-corrected chi connectivity index (χ1v) is 7.66. The van der Waals surface area contributed by atoms with Crippen molar-refractivity contribution in [1.29, 1.82) is 0 Å². The molecule has 4 nitrogen and oxygen atoms in total. The molecule has 1 aliphatic heterocycles. The largest absolute Gasteiger partial charge is 0.393 e.